The van der Waals surface area contributed by atoms with Gasteiger partial charge in [-0.05, 0) is 53.2 Å². The first-order chi connectivity index (χ1) is 9.54. The Hall–Kier alpha value is -0.520. The Kier molecular flexibility index (Phi) is 7.62. The molecule has 1 unspecified atom stereocenters. The Morgan fingerprint density at radius 3 is 2.30 bits per heavy atom. The molecule has 1 rings (SSSR count). The molecule has 0 aliphatic heterocycles. The van der Waals surface area contributed by atoms with Crippen molar-refractivity contribution in [1.29, 1.82) is 0 Å². The number of benzene rings is 1. The summed E-state index contributed by atoms with van der Waals surface area (Å²) in [7, 11) is 0. The van der Waals surface area contributed by atoms with Crippen LogP contribution < -0.4 is 11.3 Å². The second kappa shape index (κ2) is 8.70. The third-order valence-corrected chi connectivity index (χ3v) is 4.28. The first-order valence-corrected chi connectivity index (χ1v) is 7.92. The van der Waals surface area contributed by atoms with Gasteiger partial charge in [0.05, 0.1) is 4.47 Å². The molecule has 0 aromatic heterocycles. The third kappa shape index (κ3) is 4.50. The van der Waals surface area contributed by atoms with E-state index < -0.39 is 11.6 Å². The summed E-state index contributed by atoms with van der Waals surface area (Å²) in [6.07, 6.45) is 4.33. The number of hydrazine groups is 1. The zero-order valence-corrected chi connectivity index (χ0v) is 13.6. The molecule has 1 atom stereocenters. The number of rotatable bonds is 8. The van der Waals surface area contributed by atoms with E-state index in [-0.39, 0.29) is 22.5 Å². The van der Waals surface area contributed by atoms with E-state index in [0.29, 0.717) is 5.92 Å². The van der Waals surface area contributed by atoms with Crippen molar-refractivity contribution in [2.24, 2.45) is 11.8 Å². The van der Waals surface area contributed by atoms with Gasteiger partial charge in [0, 0.05) is 11.6 Å². The van der Waals surface area contributed by atoms with Crippen LogP contribution in [0.15, 0.2) is 16.6 Å². The minimum atomic E-state index is -0.531. The van der Waals surface area contributed by atoms with Crippen LogP contribution in [0.3, 0.4) is 0 Å². The molecular formula is C15H23BrF2N2. The molecule has 0 aliphatic carbocycles. The molecule has 1 aromatic carbocycles. The van der Waals surface area contributed by atoms with Crippen LogP contribution in [0.4, 0.5) is 8.78 Å². The summed E-state index contributed by atoms with van der Waals surface area (Å²) in [6, 6.07) is 2.55. The SMILES string of the molecule is CCCC(CCC)C(Cc1c(F)ccc(Br)c1F)NN. The van der Waals surface area contributed by atoms with E-state index in [1.165, 1.54) is 12.1 Å². The average molecular weight is 349 g/mol. The summed E-state index contributed by atoms with van der Waals surface area (Å²) in [5, 5.41) is 0. The first-order valence-electron chi connectivity index (χ1n) is 7.13. The standard InChI is InChI=1S/C15H23BrF2N2/c1-3-5-10(6-4-2)14(20-19)9-11-13(17)8-7-12(16)15(11)18/h7-8,10,14,20H,3-6,9,19H2,1-2H3. The summed E-state index contributed by atoms with van der Waals surface area (Å²) in [5.41, 5.74) is 2.84. The van der Waals surface area contributed by atoms with Gasteiger partial charge in [-0.15, -0.1) is 0 Å². The van der Waals surface area contributed by atoms with Crippen LogP contribution >= 0.6 is 15.9 Å². The Labute approximate surface area is 128 Å². The summed E-state index contributed by atoms with van der Waals surface area (Å²) < 4.78 is 28.2. The van der Waals surface area contributed by atoms with Crippen LogP contribution in [0.2, 0.25) is 0 Å². The second-order valence-electron chi connectivity index (χ2n) is 5.14. The minimum Gasteiger partial charge on any atom is -0.271 e. The van der Waals surface area contributed by atoms with Gasteiger partial charge < -0.3 is 0 Å². The Balaban J connectivity index is 2.94. The third-order valence-electron chi connectivity index (χ3n) is 3.66. The fourth-order valence-corrected chi connectivity index (χ4v) is 3.00. The molecule has 2 nitrogen and oxygen atoms in total. The van der Waals surface area contributed by atoms with Crippen LogP contribution in [-0.2, 0) is 6.42 Å². The molecule has 0 fully saturated rings. The fourth-order valence-electron chi connectivity index (χ4n) is 2.63. The lowest BCUT2D eigenvalue weighted by Gasteiger charge is -2.26. The summed E-state index contributed by atoms with van der Waals surface area (Å²) >= 11 is 3.10. The van der Waals surface area contributed by atoms with Gasteiger partial charge in [-0.3, -0.25) is 11.3 Å². The molecule has 20 heavy (non-hydrogen) atoms. The van der Waals surface area contributed by atoms with Crippen molar-refractivity contribution >= 4 is 15.9 Å². The number of nitrogens with two attached hydrogens (primary N) is 1. The van der Waals surface area contributed by atoms with E-state index in [4.69, 9.17) is 5.84 Å². The highest BCUT2D eigenvalue weighted by Crippen LogP contribution is 2.26. The predicted molar refractivity (Wildman–Crippen MR) is 82.2 cm³/mol. The molecule has 3 N–H and O–H groups in total. The van der Waals surface area contributed by atoms with Gasteiger partial charge in [0.1, 0.15) is 11.6 Å². The van der Waals surface area contributed by atoms with Gasteiger partial charge in [-0.2, -0.15) is 0 Å². The van der Waals surface area contributed by atoms with Crippen LogP contribution in [0.5, 0.6) is 0 Å². The minimum absolute atomic E-state index is 0.0968. The van der Waals surface area contributed by atoms with Crippen LogP contribution in [0.25, 0.3) is 0 Å². The molecule has 1 aromatic rings. The zero-order valence-electron chi connectivity index (χ0n) is 12.1. The lowest BCUT2D eigenvalue weighted by Crippen LogP contribution is -2.43. The maximum Gasteiger partial charge on any atom is 0.143 e. The van der Waals surface area contributed by atoms with Crippen LogP contribution in [0, 0.1) is 17.6 Å². The second-order valence-corrected chi connectivity index (χ2v) is 5.99. The lowest BCUT2D eigenvalue weighted by molar-refractivity contribution is 0.306. The monoisotopic (exact) mass is 348 g/mol. The van der Waals surface area contributed by atoms with E-state index >= 15 is 0 Å². The number of halogens is 3. The number of hydrogen-bond acceptors (Lipinski definition) is 2. The van der Waals surface area contributed by atoms with Crippen molar-refractivity contribution in [3.8, 4) is 0 Å². The Morgan fingerprint density at radius 1 is 1.20 bits per heavy atom. The van der Waals surface area contributed by atoms with Crippen molar-refractivity contribution in [3.63, 3.8) is 0 Å². The van der Waals surface area contributed by atoms with Crippen molar-refractivity contribution in [3.05, 3.63) is 33.8 Å². The predicted octanol–water partition coefficient (Wildman–Crippen LogP) is 4.32. The zero-order chi connectivity index (χ0) is 15.1. The van der Waals surface area contributed by atoms with Gasteiger partial charge >= 0.3 is 0 Å². The maximum atomic E-state index is 14.0. The molecule has 0 amide bonds. The maximum absolute atomic E-state index is 14.0. The van der Waals surface area contributed by atoms with E-state index in [1.807, 2.05) is 0 Å². The van der Waals surface area contributed by atoms with Crippen molar-refractivity contribution < 1.29 is 8.78 Å². The molecule has 0 aliphatic rings. The van der Waals surface area contributed by atoms with E-state index in [0.717, 1.165) is 25.7 Å². The first kappa shape index (κ1) is 17.5. The molecule has 0 spiro atoms. The Bertz CT molecular complexity index is 421. The molecular weight excluding hydrogens is 326 g/mol. The normalized spacial score (nSPS) is 12.9. The summed E-state index contributed by atoms with van der Waals surface area (Å²) in [5.74, 6) is 4.89. The van der Waals surface area contributed by atoms with Crippen molar-refractivity contribution in [1.82, 2.24) is 5.43 Å². The molecule has 0 heterocycles. The molecule has 0 saturated carbocycles. The van der Waals surface area contributed by atoms with Crippen molar-refractivity contribution in [2.75, 3.05) is 0 Å². The van der Waals surface area contributed by atoms with E-state index in [1.54, 1.807) is 0 Å². The number of nitrogens with one attached hydrogen (secondary N) is 1. The van der Waals surface area contributed by atoms with E-state index in [9.17, 15) is 8.78 Å². The molecule has 114 valence electrons. The molecule has 0 saturated heterocycles. The highest BCUT2D eigenvalue weighted by Gasteiger charge is 2.23. The molecule has 0 radical (unpaired) electrons. The van der Waals surface area contributed by atoms with Gasteiger partial charge in [0.2, 0.25) is 0 Å². The summed E-state index contributed by atoms with van der Waals surface area (Å²) in [4.78, 5) is 0. The molecule has 0 bridgehead atoms. The topological polar surface area (TPSA) is 38.0 Å². The summed E-state index contributed by atoms with van der Waals surface area (Å²) in [6.45, 7) is 4.22. The van der Waals surface area contributed by atoms with E-state index in [2.05, 4.69) is 35.2 Å². The van der Waals surface area contributed by atoms with Gasteiger partial charge in [-0.25, -0.2) is 8.78 Å². The van der Waals surface area contributed by atoms with Crippen LogP contribution in [-0.4, -0.2) is 6.04 Å². The quantitative estimate of drug-likeness (QED) is 0.417. The Morgan fingerprint density at radius 2 is 1.80 bits per heavy atom. The van der Waals surface area contributed by atoms with Crippen molar-refractivity contribution in [2.45, 2.75) is 52.0 Å². The highest BCUT2D eigenvalue weighted by molar-refractivity contribution is 9.10. The number of hydrogen-bond donors (Lipinski definition) is 2. The molecule has 5 heteroatoms. The van der Waals surface area contributed by atoms with Gasteiger partial charge in [0.15, 0.2) is 0 Å². The van der Waals surface area contributed by atoms with Crippen LogP contribution in [0.1, 0.15) is 45.1 Å². The van der Waals surface area contributed by atoms with Gasteiger partial charge in [0.25, 0.3) is 0 Å². The van der Waals surface area contributed by atoms with Gasteiger partial charge in [-0.1, -0.05) is 26.7 Å². The highest BCUT2D eigenvalue weighted by atomic mass is 79.9. The average Bonchev–Trinajstić information content (AvgIpc) is 2.43. The lowest BCUT2D eigenvalue weighted by atomic mass is 9.87. The largest absolute Gasteiger partial charge is 0.271 e. The fraction of sp³-hybridized carbons (Fsp3) is 0.600. The smallest absolute Gasteiger partial charge is 0.143 e.